The molecule has 4 nitrogen and oxygen atoms in total. The van der Waals surface area contributed by atoms with Gasteiger partial charge in [-0.2, -0.15) is 13.9 Å². The van der Waals surface area contributed by atoms with Gasteiger partial charge in [0.2, 0.25) is 0 Å². The van der Waals surface area contributed by atoms with Crippen LogP contribution in [0.25, 0.3) is 0 Å². The zero-order valence-electron chi connectivity index (χ0n) is 10.2. The van der Waals surface area contributed by atoms with Crippen molar-refractivity contribution in [2.45, 2.75) is 32.6 Å². The minimum absolute atomic E-state index is 0.0601. The Morgan fingerprint density at radius 2 is 1.81 bits per heavy atom. The van der Waals surface area contributed by atoms with Crippen LogP contribution >= 0.6 is 7.94 Å². The van der Waals surface area contributed by atoms with Crippen LogP contribution in [0.3, 0.4) is 0 Å². The lowest BCUT2D eigenvalue weighted by molar-refractivity contribution is -0.116. The van der Waals surface area contributed by atoms with Crippen LogP contribution in [0.15, 0.2) is 0 Å². The van der Waals surface area contributed by atoms with Crippen LogP contribution < -0.4 is 0 Å². The first-order valence-corrected chi connectivity index (χ1v) is 7.04. The average molecular weight is 247 g/mol. The second-order valence-electron chi connectivity index (χ2n) is 3.30. The monoisotopic (exact) mass is 247 g/mol. The Balaban J connectivity index is 3.87. The van der Waals surface area contributed by atoms with Crippen molar-refractivity contribution in [1.82, 2.24) is 0 Å². The predicted octanol–water partition coefficient (Wildman–Crippen LogP) is 2.19. The largest absolute Gasteiger partial charge is 0.416 e. The topological polar surface area (TPSA) is 55.8 Å². The van der Waals surface area contributed by atoms with Crippen molar-refractivity contribution in [3.8, 4) is 11.8 Å². The fourth-order valence-electron chi connectivity index (χ4n) is 1.01. The quantitative estimate of drug-likeness (QED) is 0.553. The fraction of sp³-hybridized carbons (Fsp3) is 0.727. The highest BCUT2D eigenvalue weighted by Crippen LogP contribution is 2.55. The van der Waals surface area contributed by atoms with Gasteiger partial charge in [-0.3, -0.25) is 4.79 Å². The van der Waals surface area contributed by atoms with E-state index < -0.39 is 7.94 Å². The van der Waals surface area contributed by atoms with Gasteiger partial charge in [-0.15, -0.1) is 11.8 Å². The van der Waals surface area contributed by atoms with Gasteiger partial charge >= 0.3 is 7.94 Å². The molecule has 0 heterocycles. The highest BCUT2D eigenvalue weighted by Gasteiger charge is 2.40. The molecule has 0 fully saturated rings. The molecule has 0 unspecified atom stereocenters. The van der Waals surface area contributed by atoms with Crippen LogP contribution in [0.5, 0.6) is 0 Å². The second-order valence-corrected chi connectivity index (χ2v) is 5.62. The molecule has 5 heteroatoms. The van der Waals surface area contributed by atoms with E-state index in [-0.39, 0.29) is 11.9 Å². The van der Waals surface area contributed by atoms with E-state index in [9.17, 15) is 9.69 Å². The third-order valence-corrected chi connectivity index (χ3v) is 3.87. The molecule has 0 aromatic rings. The van der Waals surface area contributed by atoms with Crippen molar-refractivity contribution in [2.24, 2.45) is 0 Å². The molecule has 0 radical (unpaired) electrons. The van der Waals surface area contributed by atoms with Crippen molar-refractivity contribution in [2.75, 3.05) is 20.4 Å². The summed E-state index contributed by atoms with van der Waals surface area (Å²) in [5.41, 5.74) is 0. The Bertz CT molecular complexity index is 263. The number of hydrogen-bond acceptors (Lipinski definition) is 4. The Kier molecular flexibility index (Phi) is 8.42. The summed E-state index contributed by atoms with van der Waals surface area (Å²) in [5.74, 6) is 5.80. The minimum Gasteiger partial charge on any atom is -0.295 e. The highest BCUT2D eigenvalue weighted by atomic mass is 31.2. The minimum atomic E-state index is -2.95. The number of carbonyl (C=O) groups excluding carboxylic acids is 1. The normalized spacial score (nSPS) is 10.8. The maximum Gasteiger partial charge on any atom is 0.416 e. The Labute approximate surface area is 97.9 Å². The maximum absolute atomic E-state index is 11.4. The summed E-state index contributed by atoms with van der Waals surface area (Å²) >= 11 is 0. The van der Waals surface area contributed by atoms with E-state index in [4.69, 9.17) is 9.05 Å². The molecule has 0 spiro atoms. The molecular formula is C11H20O4P+. The number of rotatable bonds is 7. The van der Waals surface area contributed by atoms with Crippen LogP contribution in [-0.2, 0) is 13.8 Å². The van der Waals surface area contributed by atoms with Crippen molar-refractivity contribution in [1.29, 1.82) is 0 Å². The number of carbonyl (C=O) groups is 1. The summed E-state index contributed by atoms with van der Waals surface area (Å²) in [5, 5.41) is 0. The zero-order valence-corrected chi connectivity index (χ0v) is 11.0. The summed E-state index contributed by atoms with van der Waals surface area (Å²) < 4.78 is 9.58. The molecule has 0 saturated carbocycles. The van der Waals surface area contributed by atoms with E-state index in [0.717, 1.165) is 12.8 Å². The van der Waals surface area contributed by atoms with Crippen LogP contribution in [-0.4, -0.2) is 31.1 Å². The first kappa shape index (κ1) is 15.5. The highest BCUT2D eigenvalue weighted by molar-refractivity contribution is 7.61. The lowest BCUT2D eigenvalue weighted by Crippen LogP contribution is -2.11. The molecule has 1 N–H and O–H groups in total. The van der Waals surface area contributed by atoms with E-state index in [2.05, 4.69) is 18.8 Å². The molecule has 0 amide bonds. The SMILES string of the molecule is CCCC#CCCC(=O)C[P+](O)(OC)OC. The molecule has 0 aliphatic heterocycles. The molecule has 0 aromatic heterocycles. The number of ketones is 1. The van der Waals surface area contributed by atoms with E-state index in [1.54, 1.807) is 0 Å². The van der Waals surface area contributed by atoms with Gasteiger partial charge in [-0.25, -0.2) is 0 Å². The standard InChI is InChI=1S/C11H20O4P/c1-4-5-6-7-8-9-11(12)10-16(13,14-2)15-3/h13H,4-5,8-10H2,1-3H3/q+1. The lowest BCUT2D eigenvalue weighted by atomic mass is 10.2. The van der Waals surface area contributed by atoms with Crippen molar-refractivity contribution >= 4 is 13.7 Å². The van der Waals surface area contributed by atoms with Gasteiger partial charge in [0.1, 0.15) is 0 Å². The summed E-state index contributed by atoms with van der Waals surface area (Å²) in [6.07, 6.45) is 2.70. The fourth-order valence-corrected chi connectivity index (χ4v) is 2.02. The van der Waals surface area contributed by atoms with Crippen LogP contribution in [0.2, 0.25) is 0 Å². The predicted molar refractivity (Wildman–Crippen MR) is 64.9 cm³/mol. The van der Waals surface area contributed by atoms with Gasteiger partial charge in [0, 0.05) is 19.3 Å². The lowest BCUT2D eigenvalue weighted by Gasteiger charge is -2.11. The molecule has 0 aliphatic rings. The molecule has 0 saturated heterocycles. The molecule has 0 aromatic carbocycles. The van der Waals surface area contributed by atoms with Crippen LogP contribution in [0.1, 0.15) is 32.6 Å². The van der Waals surface area contributed by atoms with Crippen molar-refractivity contribution < 1.29 is 18.7 Å². The molecule has 0 bridgehead atoms. The molecule has 92 valence electrons. The first-order valence-electron chi connectivity index (χ1n) is 5.27. The van der Waals surface area contributed by atoms with Gasteiger partial charge in [0.15, 0.2) is 11.9 Å². The zero-order chi connectivity index (χ0) is 12.4. The van der Waals surface area contributed by atoms with Gasteiger partial charge < -0.3 is 0 Å². The Morgan fingerprint density at radius 3 is 2.31 bits per heavy atom. The number of unbranched alkanes of at least 4 members (excludes halogenated alkanes) is 1. The number of Topliss-reactive ketones (excluding diaryl/α,β-unsaturated/α-hetero) is 1. The molecule has 0 atom stereocenters. The van der Waals surface area contributed by atoms with Gasteiger partial charge in [-0.1, -0.05) is 6.92 Å². The molecule has 0 rings (SSSR count). The molecule has 16 heavy (non-hydrogen) atoms. The van der Waals surface area contributed by atoms with Gasteiger partial charge in [0.25, 0.3) is 0 Å². The van der Waals surface area contributed by atoms with Crippen molar-refractivity contribution in [3.63, 3.8) is 0 Å². The summed E-state index contributed by atoms with van der Waals surface area (Å²) in [7, 11) is -0.269. The summed E-state index contributed by atoms with van der Waals surface area (Å²) in [6, 6.07) is 0. The summed E-state index contributed by atoms with van der Waals surface area (Å²) in [4.78, 5) is 21.1. The van der Waals surface area contributed by atoms with Crippen molar-refractivity contribution in [3.05, 3.63) is 0 Å². The van der Waals surface area contributed by atoms with E-state index >= 15 is 0 Å². The average Bonchev–Trinajstić information content (AvgIpc) is 2.28. The number of hydrogen-bond donors (Lipinski definition) is 1. The Morgan fingerprint density at radius 1 is 1.25 bits per heavy atom. The third kappa shape index (κ3) is 6.92. The van der Waals surface area contributed by atoms with E-state index in [1.807, 2.05) is 0 Å². The van der Waals surface area contributed by atoms with E-state index in [0.29, 0.717) is 12.8 Å². The summed E-state index contributed by atoms with van der Waals surface area (Å²) in [6.45, 7) is 2.06. The smallest absolute Gasteiger partial charge is 0.295 e. The van der Waals surface area contributed by atoms with Crippen LogP contribution in [0, 0.1) is 11.8 Å². The third-order valence-electron chi connectivity index (χ3n) is 1.98. The van der Waals surface area contributed by atoms with E-state index in [1.165, 1.54) is 14.2 Å². The Hall–Kier alpha value is -0.460. The van der Waals surface area contributed by atoms with Gasteiger partial charge in [0.05, 0.1) is 14.2 Å². The van der Waals surface area contributed by atoms with Crippen LogP contribution in [0.4, 0.5) is 0 Å². The first-order chi connectivity index (χ1) is 7.58. The maximum atomic E-state index is 11.4. The second kappa shape index (κ2) is 8.66. The molecule has 0 aliphatic carbocycles. The molecular weight excluding hydrogens is 227 g/mol. The van der Waals surface area contributed by atoms with Gasteiger partial charge in [-0.05, 0) is 6.42 Å².